The zero-order chi connectivity index (χ0) is 24.2. The van der Waals surface area contributed by atoms with Crippen molar-refractivity contribution in [1.82, 2.24) is 4.98 Å². The molecule has 0 aliphatic carbocycles. The minimum Gasteiger partial charge on any atom is -0.497 e. The van der Waals surface area contributed by atoms with E-state index in [0.717, 1.165) is 58.3 Å². The molecule has 0 bridgehead atoms. The maximum absolute atomic E-state index is 6.34. The van der Waals surface area contributed by atoms with Crippen molar-refractivity contribution in [3.8, 4) is 23.0 Å². The number of benzene rings is 3. The summed E-state index contributed by atoms with van der Waals surface area (Å²) in [5, 5.41) is 2.63. The van der Waals surface area contributed by atoms with Gasteiger partial charge >= 0.3 is 0 Å². The Kier molecular flexibility index (Phi) is 7.17. The number of aromatic nitrogens is 1. The van der Waals surface area contributed by atoms with Crippen LogP contribution in [-0.4, -0.2) is 40.0 Å². The molecule has 0 aliphatic heterocycles. The summed E-state index contributed by atoms with van der Waals surface area (Å²) in [5.41, 5.74) is 3.64. The highest BCUT2D eigenvalue weighted by molar-refractivity contribution is 6.31. The van der Waals surface area contributed by atoms with E-state index in [1.807, 2.05) is 48.5 Å². The maximum atomic E-state index is 6.34. The second-order valence-electron chi connectivity index (χ2n) is 7.89. The van der Waals surface area contributed by atoms with Crippen molar-refractivity contribution in [3.05, 3.63) is 53.6 Å². The van der Waals surface area contributed by atoms with Gasteiger partial charge in [0.05, 0.1) is 45.2 Å². The second kappa shape index (κ2) is 10.3. The number of methoxy groups -OCH3 is 4. The van der Waals surface area contributed by atoms with Crippen LogP contribution in [0, 0.1) is 0 Å². The van der Waals surface area contributed by atoms with Crippen molar-refractivity contribution < 1.29 is 18.9 Å². The Bertz CT molecular complexity index is 1300. The molecule has 0 saturated carbocycles. The van der Waals surface area contributed by atoms with Crippen molar-refractivity contribution in [3.63, 3.8) is 0 Å². The van der Waals surface area contributed by atoms with Crippen LogP contribution in [0.15, 0.2) is 48.5 Å². The third-order valence-corrected chi connectivity index (χ3v) is 6.12. The molecule has 6 nitrogen and oxygen atoms in total. The van der Waals surface area contributed by atoms with Gasteiger partial charge in [-0.1, -0.05) is 24.9 Å². The lowest BCUT2D eigenvalue weighted by molar-refractivity contribution is 0.324. The number of fused-ring (bicyclic) bond motifs is 2. The highest BCUT2D eigenvalue weighted by Crippen LogP contribution is 2.45. The van der Waals surface area contributed by atoms with Gasteiger partial charge in [-0.2, -0.15) is 0 Å². The molecule has 178 valence electrons. The molecule has 0 unspecified atom stereocenters. The summed E-state index contributed by atoms with van der Waals surface area (Å²) in [7, 11) is 6.53. The monoisotopic (exact) mass is 480 g/mol. The van der Waals surface area contributed by atoms with Gasteiger partial charge in [-0.25, -0.2) is 4.98 Å². The highest BCUT2D eigenvalue weighted by atomic mass is 35.5. The molecule has 0 radical (unpaired) electrons. The lowest BCUT2D eigenvalue weighted by Gasteiger charge is -2.29. The molecule has 4 rings (SSSR count). The van der Waals surface area contributed by atoms with Crippen molar-refractivity contribution in [2.75, 3.05) is 39.9 Å². The molecule has 0 N–H and O–H groups in total. The zero-order valence-electron chi connectivity index (χ0n) is 20.1. The van der Waals surface area contributed by atoms with E-state index in [2.05, 4.69) is 11.8 Å². The topological polar surface area (TPSA) is 53.1 Å². The predicted octanol–water partition coefficient (Wildman–Crippen LogP) is 7.01. The van der Waals surface area contributed by atoms with E-state index < -0.39 is 0 Å². The van der Waals surface area contributed by atoms with E-state index >= 15 is 0 Å². The average molecular weight is 481 g/mol. The molecule has 7 heteroatoms. The first-order valence-electron chi connectivity index (χ1n) is 11.2. The van der Waals surface area contributed by atoms with E-state index in [1.54, 1.807) is 28.4 Å². The summed E-state index contributed by atoms with van der Waals surface area (Å²) in [6, 6.07) is 15.7. The van der Waals surface area contributed by atoms with Crippen LogP contribution in [0.5, 0.6) is 23.0 Å². The molecular weight excluding hydrogens is 452 g/mol. The molecule has 0 fully saturated rings. The van der Waals surface area contributed by atoms with Crippen molar-refractivity contribution >= 4 is 44.8 Å². The van der Waals surface area contributed by atoms with Gasteiger partial charge in [0, 0.05) is 40.2 Å². The number of halogens is 1. The summed E-state index contributed by atoms with van der Waals surface area (Å²) < 4.78 is 22.4. The molecule has 0 saturated heterocycles. The summed E-state index contributed by atoms with van der Waals surface area (Å²) in [6.45, 7) is 2.96. The number of nitrogens with zero attached hydrogens (tertiary/aromatic N) is 2. The Morgan fingerprint density at radius 1 is 0.794 bits per heavy atom. The SMILES string of the molecule is CCCCN(c1cc(OC)c(OC)c(OC)c1)c1c2ccc(Cl)cc2nc2ccc(OC)cc12. The van der Waals surface area contributed by atoms with E-state index in [-0.39, 0.29) is 0 Å². The van der Waals surface area contributed by atoms with Crippen LogP contribution in [0.1, 0.15) is 19.8 Å². The number of ether oxygens (including phenoxy) is 4. The first-order chi connectivity index (χ1) is 16.5. The van der Waals surface area contributed by atoms with Crippen LogP contribution in [0.4, 0.5) is 11.4 Å². The molecule has 4 aromatic rings. The number of rotatable bonds is 9. The number of hydrogen-bond donors (Lipinski definition) is 0. The number of unbranched alkanes of at least 4 members (excludes halogenated alkanes) is 1. The van der Waals surface area contributed by atoms with Gasteiger partial charge in [0.15, 0.2) is 11.5 Å². The molecule has 34 heavy (non-hydrogen) atoms. The molecule has 3 aromatic carbocycles. The fraction of sp³-hybridized carbons (Fsp3) is 0.296. The highest BCUT2D eigenvalue weighted by Gasteiger charge is 2.22. The minimum atomic E-state index is 0.557. The normalized spacial score (nSPS) is 11.0. The largest absolute Gasteiger partial charge is 0.497 e. The van der Waals surface area contributed by atoms with Crippen molar-refractivity contribution in [1.29, 1.82) is 0 Å². The first kappa shape index (κ1) is 23.8. The van der Waals surface area contributed by atoms with Gasteiger partial charge in [-0.05, 0) is 42.8 Å². The van der Waals surface area contributed by atoms with Crippen LogP contribution in [0.3, 0.4) is 0 Å². The lowest BCUT2D eigenvalue weighted by Crippen LogP contribution is -2.19. The van der Waals surface area contributed by atoms with Gasteiger partial charge in [0.25, 0.3) is 0 Å². The van der Waals surface area contributed by atoms with Crippen LogP contribution < -0.4 is 23.8 Å². The van der Waals surface area contributed by atoms with Crippen LogP contribution in [0.2, 0.25) is 5.02 Å². The maximum Gasteiger partial charge on any atom is 0.203 e. The third kappa shape index (κ3) is 4.38. The van der Waals surface area contributed by atoms with Crippen LogP contribution in [-0.2, 0) is 0 Å². The Labute approximate surface area is 205 Å². The molecule has 0 spiro atoms. The second-order valence-corrected chi connectivity index (χ2v) is 8.33. The molecule has 0 atom stereocenters. The molecule has 0 aliphatic rings. The van der Waals surface area contributed by atoms with Gasteiger partial charge in [0.2, 0.25) is 5.75 Å². The van der Waals surface area contributed by atoms with Gasteiger partial charge in [0.1, 0.15) is 5.75 Å². The third-order valence-electron chi connectivity index (χ3n) is 5.88. The van der Waals surface area contributed by atoms with E-state index in [4.69, 9.17) is 35.5 Å². The fourth-order valence-electron chi connectivity index (χ4n) is 4.20. The average Bonchev–Trinajstić information content (AvgIpc) is 2.87. The standard InChI is InChI=1S/C27H29ClN2O4/c1-6-7-12-30(18-14-24(32-3)27(34-5)25(15-18)33-4)26-20-10-8-17(28)13-23(20)29-22-11-9-19(31-2)16-21(22)26/h8-11,13-16H,6-7,12H2,1-5H3. The molecule has 1 aromatic heterocycles. The number of pyridine rings is 1. The Morgan fingerprint density at radius 2 is 1.53 bits per heavy atom. The lowest BCUT2D eigenvalue weighted by atomic mass is 10.0. The summed E-state index contributed by atoms with van der Waals surface area (Å²) in [4.78, 5) is 7.18. The number of anilines is 2. The van der Waals surface area contributed by atoms with Gasteiger partial charge in [-0.3, -0.25) is 0 Å². The Morgan fingerprint density at radius 3 is 2.15 bits per heavy atom. The zero-order valence-corrected chi connectivity index (χ0v) is 20.9. The Balaban J connectivity index is 2.08. The summed E-state index contributed by atoms with van der Waals surface area (Å²) in [6.07, 6.45) is 2.02. The first-order valence-corrected chi connectivity index (χ1v) is 11.6. The van der Waals surface area contributed by atoms with Crippen LogP contribution >= 0.6 is 11.6 Å². The molecule has 1 heterocycles. The van der Waals surface area contributed by atoms with Gasteiger partial charge < -0.3 is 23.8 Å². The van der Waals surface area contributed by atoms with Crippen molar-refractivity contribution in [2.24, 2.45) is 0 Å². The number of hydrogen-bond acceptors (Lipinski definition) is 6. The fourth-order valence-corrected chi connectivity index (χ4v) is 4.37. The van der Waals surface area contributed by atoms with Crippen molar-refractivity contribution in [2.45, 2.75) is 19.8 Å². The minimum absolute atomic E-state index is 0.557. The quantitative estimate of drug-likeness (QED) is 0.240. The Hall–Kier alpha value is -3.38. The van der Waals surface area contributed by atoms with Gasteiger partial charge in [-0.15, -0.1) is 0 Å². The smallest absolute Gasteiger partial charge is 0.203 e. The summed E-state index contributed by atoms with van der Waals surface area (Å²) in [5.74, 6) is 2.52. The predicted molar refractivity (Wildman–Crippen MR) is 139 cm³/mol. The van der Waals surface area contributed by atoms with E-state index in [9.17, 15) is 0 Å². The molecular formula is C27H29ClN2O4. The van der Waals surface area contributed by atoms with Crippen LogP contribution in [0.25, 0.3) is 21.8 Å². The summed E-state index contributed by atoms with van der Waals surface area (Å²) >= 11 is 6.34. The van der Waals surface area contributed by atoms with E-state index in [1.165, 1.54) is 0 Å². The van der Waals surface area contributed by atoms with E-state index in [0.29, 0.717) is 22.3 Å². The molecule has 0 amide bonds.